The largest absolute Gasteiger partial charge is 0.464 e. The number of ether oxygens (including phenoxy) is 2. The van der Waals surface area contributed by atoms with E-state index in [0.29, 0.717) is 10.8 Å². The maximum absolute atomic E-state index is 12.2. The van der Waals surface area contributed by atoms with E-state index in [9.17, 15) is 19.7 Å². The van der Waals surface area contributed by atoms with Crippen molar-refractivity contribution < 1.29 is 24.0 Å². The maximum atomic E-state index is 12.2. The fraction of sp³-hybridized carbons (Fsp3) is 0.263. The van der Waals surface area contributed by atoms with Crippen molar-refractivity contribution in [1.29, 1.82) is 0 Å². The highest BCUT2D eigenvalue weighted by molar-refractivity contribution is 9.15. The average molecular weight is 451 g/mol. The molecule has 0 atom stereocenters. The Balaban J connectivity index is 2.65. The van der Waals surface area contributed by atoms with Crippen LogP contribution in [0.2, 0.25) is 0 Å². The van der Waals surface area contributed by atoms with Gasteiger partial charge in [0.2, 0.25) is 0 Å². The Kier molecular flexibility index (Phi) is 6.40. The fourth-order valence-electron chi connectivity index (χ4n) is 2.47. The first-order chi connectivity index (χ1) is 13.0. The van der Waals surface area contributed by atoms with Crippen molar-refractivity contribution >= 4 is 48.9 Å². The first-order valence-corrected chi connectivity index (χ1v) is 8.99. The topological polar surface area (TPSA) is 108 Å². The molecule has 0 aromatic heterocycles. The molecule has 0 saturated heterocycles. The Hall–Kier alpha value is -2.94. The maximum Gasteiger partial charge on any atom is 0.412 e. The standard InChI is InChI=1S/C19H19BrN2O6/c1-19(2,3)28-18(24)21-15(17(23)27-4)14(20)13-10-9-11-7-5-6-8-12(11)16(13)22(25)26/h5-10H,1-4H3,(H,21,24)/b15-14-. The molecular weight excluding hydrogens is 432 g/mol. The van der Waals surface area contributed by atoms with Gasteiger partial charge in [-0.2, -0.15) is 0 Å². The number of nitro benzene ring substituents is 1. The Bertz CT molecular complexity index is 978. The molecule has 9 heteroatoms. The van der Waals surface area contributed by atoms with E-state index in [0.717, 1.165) is 7.11 Å². The van der Waals surface area contributed by atoms with Crippen LogP contribution >= 0.6 is 15.9 Å². The number of nitrogens with zero attached hydrogens (tertiary/aromatic N) is 1. The van der Waals surface area contributed by atoms with Crippen LogP contribution < -0.4 is 5.32 Å². The van der Waals surface area contributed by atoms with E-state index in [4.69, 9.17) is 9.47 Å². The van der Waals surface area contributed by atoms with Gasteiger partial charge in [0.05, 0.1) is 27.5 Å². The van der Waals surface area contributed by atoms with E-state index < -0.39 is 22.6 Å². The molecule has 1 amide bonds. The number of carbonyl (C=O) groups excluding carboxylic acids is 2. The number of benzene rings is 2. The number of alkyl carbamates (subject to hydrolysis) is 1. The van der Waals surface area contributed by atoms with E-state index in [2.05, 4.69) is 21.2 Å². The number of amides is 1. The predicted octanol–water partition coefficient (Wildman–Crippen LogP) is 4.51. The van der Waals surface area contributed by atoms with Crippen LogP contribution in [0.3, 0.4) is 0 Å². The van der Waals surface area contributed by atoms with E-state index in [1.54, 1.807) is 51.1 Å². The molecule has 0 aliphatic heterocycles. The zero-order valence-corrected chi connectivity index (χ0v) is 17.3. The van der Waals surface area contributed by atoms with Crippen molar-refractivity contribution in [2.45, 2.75) is 26.4 Å². The number of methoxy groups -OCH3 is 1. The number of nitrogens with one attached hydrogen (secondary N) is 1. The second-order valence-corrected chi connectivity index (χ2v) is 7.54. The zero-order valence-electron chi connectivity index (χ0n) is 15.7. The van der Waals surface area contributed by atoms with Crippen LogP contribution in [0.15, 0.2) is 42.1 Å². The molecule has 0 unspecified atom stereocenters. The number of halogens is 1. The first kappa shape index (κ1) is 21.4. The number of fused-ring (bicyclic) bond motifs is 1. The molecule has 28 heavy (non-hydrogen) atoms. The summed E-state index contributed by atoms with van der Waals surface area (Å²) in [5, 5.41) is 15.1. The lowest BCUT2D eigenvalue weighted by Gasteiger charge is -2.20. The molecule has 0 aliphatic carbocycles. The average Bonchev–Trinajstić information content (AvgIpc) is 2.62. The highest BCUT2D eigenvalue weighted by Crippen LogP contribution is 2.37. The molecule has 0 heterocycles. The molecule has 0 aliphatic rings. The Morgan fingerprint density at radius 1 is 1.14 bits per heavy atom. The van der Waals surface area contributed by atoms with Gasteiger partial charge in [-0.1, -0.05) is 24.3 Å². The molecule has 2 aromatic rings. The Morgan fingerprint density at radius 3 is 2.36 bits per heavy atom. The molecule has 2 aromatic carbocycles. The van der Waals surface area contributed by atoms with Crippen molar-refractivity contribution in [3.05, 3.63) is 57.8 Å². The normalized spacial score (nSPS) is 12.2. The van der Waals surface area contributed by atoms with Crippen molar-refractivity contribution in [2.24, 2.45) is 0 Å². The molecule has 0 radical (unpaired) electrons. The predicted molar refractivity (Wildman–Crippen MR) is 108 cm³/mol. The fourth-order valence-corrected chi connectivity index (χ4v) is 3.05. The van der Waals surface area contributed by atoms with Crippen molar-refractivity contribution in [1.82, 2.24) is 5.32 Å². The lowest BCUT2D eigenvalue weighted by molar-refractivity contribution is -0.383. The highest BCUT2D eigenvalue weighted by atomic mass is 79.9. The molecule has 148 valence electrons. The van der Waals surface area contributed by atoms with Gasteiger partial charge >= 0.3 is 12.1 Å². The van der Waals surface area contributed by atoms with Gasteiger partial charge in [-0.05, 0) is 54.2 Å². The molecule has 0 bridgehead atoms. The van der Waals surface area contributed by atoms with Gasteiger partial charge in [-0.3, -0.25) is 15.4 Å². The van der Waals surface area contributed by atoms with E-state index in [1.165, 1.54) is 6.07 Å². The smallest absolute Gasteiger partial charge is 0.412 e. The van der Waals surface area contributed by atoms with Crippen LogP contribution in [-0.4, -0.2) is 29.7 Å². The molecule has 1 N–H and O–H groups in total. The monoisotopic (exact) mass is 450 g/mol. The van der Waals surface area contributed by atoms with Crippen LogP contribution in [-0.2, 0) is 14.3 Å². The van der Waals surface area contributed by atoms with E-state index >= 15 is 0 Å². The summed E-state index contributed by atoms with van der Waals surface area (Å²) < 4.78 is 9.86. The van der Waals surface area contributed by atoms with E-state index in [-0.39, 0.29) is 21.4 Å². The molecule has 0 fully saturated rings. The summed E-state index contributed by atoms with van der Waals surface area (Å²) in [5.41, 5.74) is -1.21. The summed E-state index contributed by atoms with van der Waals surface area (Å²) >= 11 is 3.21. The summed E-state index contributed by atoms with van der Waals surface area (Å²) in [6, 6.07) is 9.96. The van der Waals surface area contributed by atoms with Gasteiger partial charge in [0.25, 0.3) is 5.69 Å². The van der Waals surface area contributed by atoms with Crippen LogP contribution in [0.4, 0.5) is 10.5 Å². The number of nitro groups is 1. The lowest BCUT2D eigenvalue weighted by atomic mass is 10.0. The first-order valence-electron chi connectivity index (χ1n) is 8.19. The van der Waals surface area contributed by atoms with Gasteiger partial charge in [0.1, 0.15) is 11.3 Å². The number of hydrogen-bond donors (Lipinski definition) is 1. The summed E-state index contributed by atoms with van der Waals surface area (Å²) in [6.45, 7) is 4.99. The van der Waals surface area contributed by atoms with Crippen LogP contribution in [0.25, 0.3) is 15.3 Å². The number of carbonyl (C=O) groups is 2. The molecule has 0 spiro atoms. The van der Waals surface area contributed by atoms with Crippen LogP contribution in [0.1, 0.15) is 26.3 Å². The Morgan fingerprint density at radius 2 is 1.79 bits per heavy atom. The molecular formula is C19H19BrN2O6. The van der Waals surface area contributed by atoms with Crippen LogP contribution in [0, 0.1) is 10.1 Å². The minimum Gasteiger partial charge on any atom is -0.464 e. The summed E-state index contributed by atoms with van der Waals surface area (Å²) in [5.74, 6) is -0.889. The molecule has 2 rings (SSSR count). The van der Waals surface area contributed by atoms with Gasteiger partial charge in [0.15, 0.2) is 0 Å². The third kappa shape index (κ3) is 4.86. The van der Waals surface area contributed by atoms with Crippen LogP contribution in [0.5, 0.6) is 0 Å². The van der Waals surface area contributed by atoms with Gasteiger partial charge in [-0.25, -0.2) is 9.59 Å². The van der Waals surface area contributed by atoms with Crippen molar-refractivity contribution in [2.75, 3.05) is 7.11 Å². The second kappa shape index (κ2) is 8.39. The molecule has 8 nitrogen and oxygen atoms in total. The quantitative estimate of drug-likeness (QED) is 0.317. The summed E-state index contributed by atoms with van der Waals surface area (Å²) in [4.78, 5) is 35.6. The minimum absolute atomic E-state index is 0.00247. The Labute approximate surface area is 169 Å². The zero-order chi connectivity index (χ0) is 21.1. The van der Waals surface area contributed by atoms with Crippen molar-refractivity contribution in [3.8, 4) is 0 Å². The van der Waals surface area contributed by atoms with Crippen molar-refractivity contribution in [3.63, 3.8) is 0 Å². The molecule has 0 saturated carbocycles. The minimum atomic E-state index is -0.895. The number of esters is 1. The second-order valence-electron chi connectivity index (χ2n) is 6.75. The van der Waals surface area contributed by atoms with Gasteiger partial charge in [0, 0.05) is 0 Å². The summed E-state index contributed by atoms with van der Waals surface area (Å²) in [7, 11) is 1.13. The SMILES string of the molecule is COC(=O)/C(NC(=O)OC(C)(C)C)=C(/Br)c1ccc2ccccc2c1[N+](=O)[O-]. The number of hydrogen-bond acceptors (Lipinski definition) is 6. The highest BCUT2D eigenvalue weighted by Gasteiger charge is 2.27. The van der Waals surface area contributed by atoms with Gasteiger partial charge in [-0.15, -0.1) is 0 Å². The third-order valence-electron chi connectivity index (χ3n) is 3.55. The van der Waals surface area contributed by atoms with E-state index in [1.807, 2.05) is 0 Å². The number of rotatable bonds is 4. The lowest BCUT2D eigenvalue weighted by Crippen LogP contribution is -2.34. The summed E-state index contributed by atoms with van der Waals surface area (Å²) in [6.07, 6.45) is -0.895. The van der Waals surface area contributed by atoms with Gasteiger partial charge < -0.3 is 9.47 Å². The third-order valence-corrected chi connectivity index (χ3v) is 4.38.